The first-order chi connectivity index (χ1) is 31.2. The van der Waals surface area contributed by atoms with Crippen LogP contribution in [0.3, 0.4) is 0 Å². The fraction of sp³-hybridized carbons (Fsp3) is 0. The third-order valence-corrected chi connectivity index (χ3v) is 29.5. The summed E-state index contributed by atoms with van der Waals surface area (Å²) in [5.74, 6) is 0. The van der Waals surface area contributed by atoms with E-state index in [-0.39, 0.29) is 0 Å². The molecule has 4 nitrogen and oxygen atoms in total. The predicted molar refractivity (Wildman–Crippen MR) is 272 cm³/mol. The Morgan fingerprint density at radius 1 is 0.206 bits per heavy atom. The summed E-state index contributed by atoms with van der Waals surface area (Å²) in [5.41, 5.74) is 0. The fourth-order valence-electron chi connectivity index (χ4n) is 8.36. The molecule has 0 N–H and O–H groups in total. The Balaban J connectivity index is 1.21. The molecule has 0 aliphatic heterocycles. The van der Waals surface area contributed by atoms with Gasteiger partial charge in [-0.25, -0.2) is 0 Å². The molecule has 0 radical (unpaired) electrons. The molecule has 2 atom stereocenters. The highest BCUT2D eigenvalue weighted by atomic mass is 28.5. The molecule has 9 rings (SSSR count). The van der Waals surface area contributed by atoms with Gasteiger partial charge in [-0.3, -0.25) is 0 Å². The van der Waals surface area contributed by atoms with Crippen molar-refractivity contribution >= 4 is 91.2 Å². The molecule has 9 heteroatoms. The van der Waals surface area contributed by atoms with E-state index in [0.29, 0.717) is 0 Å². The van der Waals surface area contributed by atoms with Gasteiger partial charge in [0, 0.05) is 0 Å². The molecule has 0 saturated carbocycles. The summed E-state index contributed by atoms with van der Waals surface area (Å²) in [6.45, 7) is 0. The van der Waals surface area contributed by atoms with Crippen LogP contribution in [-0.2, 0) is 16.5 Å². The first-order valence-electron chi connectivity index (χ1n) is 21.4. The van der Waals surface area contributed by atoms with E-state index < -0.39 is 44.5 Å². The van der Waals surface area contributed by atoms with E-state index in [1.54, 1.807) is 0 Å². The summed E-state index contributed by atoms with van der Waals surface area (Å²) in [7, 11) is -15.0. The Morgan fingerprint density at radius 2 is 0.381 bits per heavy atom. The van der Waals surface area contributed by atoms with E-state index >= 15 is 0 Å². The quantitative estimate of drug-likeness (QED) is 0.0977. The molecular weight excluding hydrogens is 853 g/mol. The molecule has 0 aliphatic carbocycles. The number of hydrogen-bond donors (Lipinski definition) is 0. The van der Waals surface area contributed by atoms with Crippen molar-refractivity contribution in [3.8, 4) is 0 Å². The van der Waals surface area contributed by atoms with E-state index in [9.17, 15) is 0 Å². The third kappa shape index (κ3) is 9.34. The maximum atomic E-state index is 8.02. The Bertz CT molecular complexity index is 2360. The van der Waals surface area contributed by atoms with Crippen molar-refractivity contribution in [1.29, 1.82) is 0 Å². The topological polar surface area (TPSA) is 36.9 Å². The molecule has 0 spiro atoms. The van der Waals surface area contributed by atoms with Gasteiger partial charge in [0.1, 0.15) is 0 Å². The maximum Gasteiger partial charge on any atom is 0.338 e. The van der Waals surface area contributed by atoms with Crippen LogP contribution in [0.15, 0.2) is 273 Å². The van der Waals surface area contributed by atoms with Crippen LogP contribution in [0.1, 0.15) is 0 Å². The Kier molecular flexibility index (Phi) is 13.7. The molecule has 0 bridgehead atoms. The van der Waals surface area contributed by atoms with Crippen molar-refractivity contribution in [2.45, 2.75) is 0 Å². The molecule has 0 aliphatic rings. The van der Waals surface area contributed by atoms with Gasteiger partial charge in [-0.2, -0.15) is 0 Å². The molecule has 0 fully saturated rings. The standard InChI is InChI=1S/C54H48O4Si5/c1-10-28-46(29-11-1)59(55-60(47-30-12-2-13-31-47)57-62(49-34-16-4-17-35-49,50-36-18-5-19-37-50)51-38-20-6-21-39-51)56-61(48-32-14-3-15-33-48)58-63(52-40-22-7-23-41-52,53-42-24-8-25-43-53)54-44-26-9-27-45-54/h1-45,59-61H. The SMILES string of the molecule is c1ccc([SiH](O[SiH](O[Si](c2ccccc2)(c2ccccc2)c2ccccc2)c2ccccc2)O[SiH](O[Si](c2ccccc2)(c2ccccc2)c2ccccc2)c2ccccc2)cc1. The van der Waals surface area contributed by atoms with Gasteiger partial charge < -0.3 is 16.5 Å². The maximum absolute atomic E-state index is 8.02. The van der Waals surface area contributed by atoms with E-state index in [0.717, 1.165) is 46.7 Å². The highest BCUT2D eigenvalue weighted by Crippen LogP contribution is 2.17. The van der Waals surface area contributed by atoms with Crippen LogP contribution >= 0.6 is 0 Å². The molecule has 9 aromatic carbocycles. The first kappa shape index (κ1) is 42.2. The van der Waals surface area contributed by atoms with Crippen molar-refractivity contribution in [2.24, 2.45) is 0 Å². The molecule has 63 heavy (non-hydrogen) atoms. The third-order valence-electron chi connectivity index (χ3n) is 11.4. The van der Waals surface area contributed by atoms with Crippen LogP contribution in [-0.4, -0.2) is 44.5 Å². The van der Waals surface area contributed by atoms with Gasteiger partial charge in [-0.15, -0.1) is 0 Å². The Morgan fingerprint density at radius 3 is 0.587 bits per heavy atom. The summed E-state index contributed by atoms with van der Waals surface area (Å²) in [5, 5.41) is 10.1. The zero-order valence-corrected chi connectivity index (χ0v) is 40.3. The van der Waals surface area contributed by atoms with E-state index in [1.807, 2.05) is 0 Å². The van der Waals surface area contributed by atoms with Gasteiger partial charge >= 0.3 is 27.9 Å². The van der Waals surface area contributed by atoms with Crippen LogP contribution < -0.4 is 46.7 Å². The van der Waals surface area contributed by atoms with Crippen LogP contribution in [0.4, 0.5) is 0 Å². The largest absolute Gasteiger partial charge is 0.424 e. The van der Waals surface area contributed by atoms with Gasteiger partial charge in [-0.1, -0.05) is 273 Å². The van der Waals surface area contributed by atoms with Gasteiger partial charge in [-0.05, 0) is 46.7 Å². The Labute approximate surface area is 378 Å². The molecule has 0 aromatic heterocycles. The Hall–Kier alpha value is -6.10. The highest BCUT2D eigenvalue weighted by molar-refractivity contribution is 7.11. The molecule has 0 amide bonds. The smallest absolute Gasteiger partial charge is 0.338 e. The van der Waals surface area contributed by atoms with Crippen molar-refractivity contribution in [3.05, 3.63) is 273 Å². The molecule has 0 saturated heterocycles. The van der Waals surface area contributed by atoms with Crippen molar-refractivity contribution in [2.75, 3.05) is 0 Å². The summed E-state index contributed by atoms with van der Waals surface area (Å²) in [6, 6.07) is 96.1. The normalized spacial score (nSPS) is 13.1. The number of hydrogen-bond acceptors (Lipinski definition) is 4. The average molecular weight is 901 g/mol. The molecular formula is C54H48O4Si5. The van der Waals surface area contributed by atoms with E-state index in [4.69, 9.17) is 16.5 Å². The van der Waals surface area contributed by atoms with Gasteiger partial charge in [0.2, 0.25) is 0 Å². The van der Waals surface area contributed by atoms with Crippen molar-refractivity contribution in [1.82, 2.24) is 0 Å². The van der Waals surface area contributed by atoms with Crippen LogP contribution in [0.2, 0.25) is 0 Å². The van der Waals surface area contributed by atoms with Crippen LogP contribution in [0, 0.1) is 0 Å². The second-order valence-electron chi connectivity index (χ2n) is 15.3. The monoisotopic (exact) mass is 900 g/mol. The summed E-state index contributed by atoms with van der Waals surface area (Å²) in [4.78, 5) is 0. The van der Waals surface area contributed by atoms with Crippen molar-refractivity contribution in [3.63, 3.8) is 0 Å². The fourth-order valence-corrected chi connectivity index (χ4v) is 29.5. The zero-order valence-electron chi connectivity index (χ0n) is 34.8. The number of rotatable bonds is 17. The minimum Gasteiger partial charge on any atom is -0.424 e. The van der Waals surface area contributed by atoms with E-state index in [2.05, 4.69) is 273 Å². The van der Waals surface area contributed by atoms with Gasteiger partial charge in [0.15, 0.2) is 0 Å². The molecule has 308 valence electrons. The summed E-state index contributed by atoms with van der Waals surface area (Å²) < 4.78 is 31.6. The molecule has 0 heterocycles. The minimum atomic E-state index is -3.22. The summed E-state index contributed by atoms with van der Waals surface area (Å²) >= 11 is 0. The second-order valence-corrected chi connectivity index (χ2v) is 29.5. The average Bonchev–Trinajstić information content (AvgIpc) is 3.38. The van der Waals surface area contributed by atoms with Gasteiger partial charge in [0.05, 0.1) is 0 Å². The highest BCUT2D eigenvalue weighted by Gasteiger charge is 2.48. The lowest BCUT2D eigenvalue weighted by molar-refractivity contribution is 0.366. The van der Waals surface area contributed by atoms with Gasteiger partial charge in [0.25, 0.3) is 16.6 Å². The van der Waals surface area contributed by atoms with Crippen molar-refractivity contribution < 1.29 is 16.5 Å². The van der Waals surface area contributed by atoms with Crippen LogP contribution in [0.25, 0.3) is 0 Å². The molecule has 9 aromatic rings. The van der Waals surface area contributed by atoms with Crippen LogP contribution in [0.5, 0.6) is 0 Å². The predicted octanol–water partition coefficient (Wildman–Crippen LogP) is 4.77. The second kappa shape index (κ2) is 20.4. The lowest BCUT2D eigenvalue weighted by Gasteiger charge is -2.39. The lowest BCUT2D eigenvalue weighted by atomic mass is 10.3. The van der Waals surface area contributed by atoms with E-state index in [1.165, 1.54) is 0 Å². The summed E-state index contributed by atoms with van der Waals surface area (Å²) in [6.07, 6.45) is 0. The minimum absolute atomic E-state index is 1.03. The lowest BCUT2D eigenvalue weighted by Crippen LogP contribution is -2.73. The molecule has 2 unspecified atom stereocenters. The number of benzene rings is 9. The first-order valence-corrected chi connectivity index (χ1v) is 29.8. The zero-order chi connectivity index (χ0) is 42.6.